The number of nitrogens with one attached hydrogen (secondary N) is 1. The van der Waals surface area contributed by atoms with Crippen LogP contribution in [0.15, 0.2) is 55.0 Å². The molecular formula is C18H13FN4O. The molecule has 2 aromatic heterocycles. The van der Waals surface area contributed by atoms with E-state index in [-0.39, 0.29) is 5.82 Å². The number of hydrogen-bond acceptors (Lipinski definition) is 4. The molecule has 4 rings (SSSR count). The second kappa shape index (κ2) is 5.73. The first-order chi connectivity index (χ1) is 11.7. The zero-order valence-corrected chi connectivity index (χ0v) is 12.8. The van der Waals surface area contributed by atoms with Crippen LogP contribution < -0.4 is 4.74 Å². The van der Waals surface area contributed by atoms with Crippen LogP contribution in [0, 0.1) is 12.7 Å². The molecule has 2 aromatic carbocycles. The van der Waals surface area contributed by atoms with E-state index in [1.165, 1.54) is 12.3 Å². The minimum atomic E-state index is -0.324. The average molecular weight is 320 g/mol. The lowest BCUT2D eigenvalue weighted by Crippen LogP contribution is -1.88. The van der Waals surface area contributed by atoms with Crippen molar-refractivity contribution < 1.29 is 9.13 Å². The van der Waals surface area contributed by atoms with Crippen LogP contribution in [0.1, 0.15) is 5.56 Å². The summed E-state index contributed by atoms with van der Waals surface area (Å²) in [6, 6.07) is 10.7. The smallest absolute Gasteiger partial charge is 0.237 e. The lowest BCUT2D eigenvalue weighted by atomic mass is 10.2. The number of aromatic nitrogens is 4. The molecule has 0 amide bonds. The van der Waals surface area contributed by atoms with Crippen molar-refractivity contribution in [2.45, 2.75) is 6.92 Å². The first-order valence-corrected chi connectivity index (χ1v) is 7.39. The van der Waals surface area contributed by atoms with Crippen LogP contribution in [-0.2, 0) is 0 Å². The molecule has 24 heavy (non-hydrogen) atoms. The number of aromatic amines is 1. The Morgan fingerprint density at radius 1 is 1.08 bits per heavy atom. The van der Waals surface area contributed by atoms with Gasteiger partial charge in [0.25, 0.3) is 0 Å². The molecule has 0 aliphatic heterocycles. The van der Waals surface area contributed by atoms with Gasteiger partial charge < -0.3 is 9.72 Å². The Balaban J connectivity index is 1.64. The molecule has 2 heterocycles. The van der Waals surface area contributed by atoms with E-state index in [2.05, 4.69) is 19.9 Å². The zero-order valence-electron chi connectivity index (χ0n) is 12.8. The number of nitrogens with zero attached hydrogens (tertiary/aromatic N) is 3. The summed E-state index contributed by atoms with van der Waals surface area (Å²) in [6.07, 6.45) is 4.69. The molecule has 5 nitrogen and oxygen atoms in total. The van der Waals surface area contributed by atoms with E-state index < -0.39 is 0 Å². The van der Waals surface area contributed by atoms with Gasteiger partial charge in [0.15, 0.2) is 5.82 Å². The first kappa shape index (κ1) is 14.3. The molecular weight excluding hydrogens is 307 g/mol. The number of imidazole rings is 1. The standard InChI is InChI=1S/C18H13FN4O/c1-11-8-14(19)17-15(9-11)22-18(23-17)12-2-4-13(5-3-12)24-16-10-20-6-7-21-16/h2-10H,1H3,(H,22,23). The van der Waals surface area contributed by atoms with E-state index in [0.717, 1.165) is 11.1 Å². The lowest BCUT2D eigenvalue weighted by molar-refractivity contribution is 0.460. The Kier molecular flexibility index (Phi) is 3.42. The third kappa shape index (κ3) is 2.69. The van der Waals surface area contributed by atoms with Gasteiger partial charge in [0.05, 0.1) is 11.7 Å². The molecule has 0 atom stereocenters. The molecule has 6 heteroatoms. The molecule has 0 saturated heterocycles. The number of rotatable bonds is 3. The summed E-state index contributed by atoms with van der Waals surface area (Å²) in [5.41, 5.74) is 2.72. The maximum Gasteiger partial charge on any atom is 0.237 e. The quantitative estimate of drug-likeness (QED) is 0.612. The molecule has 0 aliphatic rings. The van der Waals surface area contributed by atoms with E-state index in [0.29, 0.717) is 28.5 Å². The second-order valence-electron chi connectivity index (χ2n) is 5.40. The van der Waals surface area contributed by atoms with E-state index in [9.17, 15) is 4.39 Å². The van der Waals surface area contributed by atoms with Gasteiger partial charge in [0.1, 0.15) is 17.1 Å². The summed E-state index contributed by atoms with van der Waals surface area (Å²) in [5.74, 6) is 1.35. The van der Waals surface area contributed by atoms with Crippen molar-refractivity contribution in [2.24, 2.45) is 0 Å². The summed E-state index contributed by atoms with van der Waals surface area (Å²) in [6.45, 7) is 1.85. The molecule has 0 radical (unpaired) electrons. The highest BCUT2D eigenvalue weighted by Crippen LogP contribution is 2.26. The minimum Gasteiger partial charge on any atom is -0.438 e. The summed E-state index contributed by atoms with van der Waals surface area (Å²) in [7, 11) is 0. The number of benzene rings is 2. The predicted molar refractivity (Wildman–Crippen MR) is 88.3 cm³/mol. The largest absolute Gasteiger partial charge is 0.438 e. The zero-order chi connectivity index (χ0) is 16.5. The van der Waals surface area contributed by atoms with Crippen LogP contribution in [0.5, 0.6) is 11.6 Å². The third-order valence-electron chi connectivity index (χ3n) is 3.57. The Morgan fingerprint density at radius 2 is 1.92 bits per heavy atom. The summed E-state index contributed by atoms with van der Waals surface area (Å²) in [4.78, 5) is 15.5. The number of halogens is 1. The molecule has 118 valence electrons. The average Bonchev–Trinajstić information content (AvgIpc) is 3.01. The van der Waals surface area contributed by atoms with Gasteiger partial charge in [0.2, 0.25) is 5.88 Å². The normalized spacial score (nSPS) is 10.9. The predicted octanol–water partition coefficient (Wildman–Crippen LogP) is 4.26. The highest BCUT2D eigenvalue weighted by molar-refractivity contribution is 5.80. The van der Waals surface area contributed by atoms with Gasteiger partial charge >= 0.3 is 0 Å². The molecule has 4 aromatic rings. The fourth-order valence-corrected chi connectivity index (χ4v) is 2.49. The number of ether oxygens (including phenoxy) is 1. The fourth-order valence-electron chi connectivity index (χ4n) is 2.49. The number of aryl methyl sites for hydroxylation is 1. The van der Waals surface area contributed by atoms with Gasteiger partial charge in [-0.2, -0.15) is 0 Å². The van der Waals surface area contributed by atoms with Crippen molar-refractivity contribution in [2.75, 3.05) is 0 Å². The Labute approximate surface area is 137 Å². The number of fused-ring (bicyclic) bond motifs is 1. The molecule has 0 unspecified atom stereocenters. The maximum absolute atomic E-state index is 14.0. The third-order valence-corrected chi connectivity index (χ3v) is 3.57. The van der Waals surface area contributed by atoms with Crippen molar-refractivity contribution in [3.05, 3.63) is 66.4 Å². The molecule has 0 bridgehead atoms. The Hall–Kier alpha value is -3.28. The minimum absolute atomic E-state index is 0.324. The SMILES string of the molecule is Cc1cc(F)c2nc(-c3ccc(Oc4cnccn4)cc3)[nH]c2c1. The van der Waals surface area contributed by atoms with Gasteiger partial charge in [-0.15, -0.1) is 0 Å². The van der Waals surface area contributed by atoms with Crippen LogP contribution in [0.3, 0.4) is 0 Å². The Morgan fingerprint density at radius 3 is 2.67 bits per heavy atom. The number of H-pyrrole nitrogens is 1. The van der Waals surface area contributed by atoms with Crippen LogP contribution in [0.4, 0.5) is 4.39 Å². The molecule has 0 saturated carbocycles. The van der Waals surface area contributed by atoms with Crippen molar-refractivity contribution in [1.29, 1.82) is 0 Å². The van der Waals surface area contributed by atoms with Crippen LogP contribution in [0.2, 0.25) is 0 Å². The molecule has 1 N–H and O–H groups in total. The summed E-state index contributed by atoms with van der Waals surface area (Å²) >= 11 is 0. The Bertz CT molecular complexity index is 997. The van der Waals surface area contributed by atoms with Crippen molar-refractivity contribution in [1.82, 2.24) is 19.9 Å². The summed E-state index contributed by atoms with van der Waals surface area (Å²) in [5, 5.41) is 0. The summed E-state index contributed by atoms with van der Waals surface area (Å²) < 4.78 is 19.6. The van der Waals surface area contributed by atoms with E-state index in [4.69, 9.17) is 4.74 Å². The fraction of sp³-hybridized carbons (Fsp3) is 0.0556. The van der Waals surface area contributed by atoms with Gasteiger partial charge in [0, 0.05) is 18.0 Å². The van der Waals surface area contributed by atoms with Crippen molar-refractivity contribution in [3.8, 4) is 23.0 Å². The van der Waals surface area contributed by atoms with Gasteiger partial charge in [-0.3, -0.25) is 4.98 Å². The molecule has 0 fully saturated rings. The second-order valence-corrected chi connectivity index (χ2v) is 5.40. The van der Waals surface area contributed by atoms with E-state index >= 15 is 0 Å². The van der Waals surface area contributed by atoms with Gasteiger partial charge in [-0.25, -0.2) is 14.4 Å². The topological polar surface area (TPSA) is 63.7 Å². The lowest BCUT2D eigenvalue weighted by Gasteiger charge is -2.04. The highest BCUT2D eigenvalue weighted by atomic mass is 19.1. The van der Waals surface area contributed by atoms with Crippen LogP contribution in [0.25, 0.3) is 22.4 Å². The number of hydrogen-bond donors (Lipinski definition) is 1. The highest BCUT2D eigenvalue weighted by Gasteiger charge is 2.10. The van der Waals surface area contributed by atoms with Gasteiger partial charge in [-0.1, -0.05) is 0 Å². The van der Waals surface area contributed by atoms with Gasteiger partial charge in [-0.05, 0) is 48.9 Å². The molecule has 0 spiro atoms. The van der Waals surface area contributed by atoms with Crippen molar-refractivity contribution >= 4 is 11.0 Å². The maximum atomic E-state index is 14.0. The van der Waals surface area contributed by atoms with Crippen LogP contribution >= 0.6 is 0 Å². The van der Waals surface area contributed by atoms with Crippen molar-refractivity contribution in [3.63, 3.8) is 0 Å². The molecule has 0 aliphatic carbocycles. The van der Waals surface area contributed by atoms with E-state index in [1.807, 2.05) is 25.1 Å². The monoisotopic (exact) mass is 320 g/mol. The van der Waals surface area contributed by atoms with Crippen LogP contribution in [-0.4, -0.2) is 19.9 Å². The first-order valence-electron chi connectivity index (χ1n) is 7.39. The van der Waals surface area contributed by atoms with E-state index in [1.54, 1.807) is 24.5 Å².